The molecule has 0 bridgehead atoms. The average molecular weight is 388 g/mol. The largest absolute Gasteiger partial charge is 0.497 e. The number of ether oxygens (including phenoxy) is 1. The molecule has 7 heteroatoms. The first-order chi connectivity index (χ1) is 13.1. The van der Waals surface area contributed by atoms with Crippen molar-refractivity contribution in [1.82, 2.24) is 10.2 Å². The highest BCUT2D eigenvalue weighted by Gasteiger charge is 2.34. The first-order valence-corrected chi connectivity index (χ1v) is 9.18. The molecule has 1 atom stereocenters. The number of amides is 3. The van der Waals surface area contributed by atoms with Crippen LogP contribution in [0.25, 0.3) is 0 Å². The van der Waals surface area contributed by atoms with E-state index in [9.17, 15) is 9.59 Å². The summed E-state index contributed by atoms with van der Waals surface area (Å²) in [7, 11) is 1.57. The minimum absolute atomic E-state index is 0.150. The van der Waals surface area contributed by atoms with Gasteiger partial charge in [-0.25, -0.2) is 4.79 Å². The molecule has 3 rings (SSSR count). The van der Waals surface area contributed by atoms with Crippen molar-refractivity contribution >= 4 is 29.2 Å². The fourth-order valence-corrected chi connectivity index (χ4v) is 3.21. The quantitative estimate of drug-likeness (QED) is 0.822. The van der Waals surface area contributed by atoms with Crippen LogP contribution < -0.4 is 15.4 Å². The number of hydrogen-bond donors (Lipinski definition) is 2. The molecule has 0 unspecified atom stereocenters. The Morgan fingerprint density at radius 1 is 1.22 bits per heavy atom. The minimum Gasteiger partial charge on any atom is -0.497 e. The van der Waals surface area contributed by atoms with Gasteiger partial charge in [0.25, 0.3) is 0 Å². The lowest BCUT2D eigenvalue weighted by Gasteiger charge is -2.24. The lowest BCUT2D eigenvalue weighted by Crippen LogP contribution is -2.47. The van der Waals surface area contributed by atoms with Gasteiger partial charge in [0.15, 0.2) is 0 Å². The molecule has 0 aliphatic carbocycles. The fraction of sp³-hybridized carbons (Fsp3) is 0.300. The zero-order valence-electron chi connectivity index (χ0n) is 15.1. The first-order valence-electron chi connectivity index (χ1n) is 8.80. The summed E-state index contributed by atoms with van der Waals surface area (Å²) >= 11 is 5.87. The fourth-order valence-electron chi connectivity index (χ4n) is 3.09. The molecule has 6 nitrogen and oxygen atoms in total. The molecule has 1 fully saturated rings. The summed E-state index contributed by atoms with van der Waals surface area (Å²) in [5.41, 5.74) is 1.59. The number of carbonyl (C=O) groups is 2. The summed E-state index contributed by atoms with van der Waals surface area (Å²) in [5.74, 6) is 0.509. The predicted molar refractivity (Wildman–Crippen MR) is 105 cm³/mol. The van der Waals surface area contributed by atoms with E-state index >= 15 is 0 Å². The number of halogens is 1. The van der Waals surface area contributed by atoms with Gasteiger partial charge in [0.1, 0.15) is 11.8 Å². The summed E-state index contributed by atoms with van der Waals surface area (Å²) in [4.78, 5) is 26.8. The molecule has 2 aromatic carbocycles. The topological polar surface area (TPSA) is 70.7 Å². The number of likely N-dealkylation sites (tertiary alicyclic amines) is 1. The second-order valence-corrected chi connectivity index (χ2v) is 6.79. The normalized spacial score (nSPS) is 16.1. The van der Waals surface area contributed by atoms with E-state index in [-0.39, 0.29) is 11.9 Å². The summed E-state index contributed by atoms with van der Waals surface area (Å²) in [6.07, 6.45) is 1.45. The van der Waals surface area contributed by atoms with E-state index in [4.69, 9.17) is 16.3 Å². The van der Waals surface area contributed by atoms with Gasteiger partial charge in [0.2, 0.25) is 5.91 Å². The van der Waals surface area contributed by atoms with Crippen molar-refractivity contribution in [2.45, 2.75) is 25.4 Å². The maximum Gasteiger partial charge on any atom is 0.322 e. The second kappa shape index (κ2) is 8.77. The molecule has 0 radical (unpaired) electrons. The molecule has 1 saturated heterocycles. The number of nitrogens with one attached hydrogen (secondary N) is 2. The third-order valence-corrected chi connectivity index (χ3v) is 4.77. The van der Waals surface area contributed by atoms with Crippen LogP contribution in [0.1, 0.15) is 18.4 Å². The molecule has 142 valence electrons. The summed E-state index contributed by atoms with van der Waals surface area (Å²) in [6, 6.07) is 13.7. The Balaban J connectivity index is 1.59. The lowest BCUT2D eigenvalue weighted by atomic mass is 10.2. The summed E-state index contributed by atoms with van der Waals surface area (Å²) in [5, 5.41) is 6.39. The highest BCUT2D eigenvalue weighted by atomic mass is 35.5. The highest BCUT2D eigenvalue weighted by molar-refractivity contribution is 6.30. The van der Waals surface area contributed by atoms with Gasteiger partial charge in [-0.15, -0.1) is 0 Å². The van der Waals surface area contributed by atoms with Crippen LogP contribution in [0.3, 0.4) is 0 Å². The van der Waals surface area contributed by atoms with Crippen LogP contribution in [-0.4, -0.2) is 36.5 Å². The average Bonchev–Trinajstić information content (AvgIpc) is 3.17. The molecular formula is C20H22ClN3O3. The molecule has 27 heavy (non-hydrogen) atoms. The van der Waals surface area contributed by atoms with E-state index in [1.54, 1.807) is 48.4 Å². The zero-order valence-corrected chi connectivity index (χ0v) is 15.8. The Morgan fingerprint density at radius 3 is 2.74 bits per heavy atom. The zero-order chi connectivity index (χ0) is 19.2. The third kappa shape index (κ3) is 4.92. The number of hydrogen-bond acceptors (Lipinski definition) is 3. The number of anilines is 1. The van der Waals surface area contributed by atoms with Crippen molar-refractivity contribution in [3.05, 3.63) is 59.1 Å². The molecule has 2 aromatic rings. The molecular weight excluding hydrogens is 366 g/mol. The third-order valence-electron chi connectivity index (χ3n) is 4.52. The number of nitrogens with zero attached hydrogens (tertiary/aromatic N) is 1. The van der Waals surface area contributed by atoms with E-state index < -0.39 is 6.04 Å². The molecule has 1 heterocycles. The number of carbonyl (C=O) groups excluding carboxylic acids is 2. The van der Waals surface area contributed by atoms with Crippen LogP contribution in [0.2, 0.25) is 5.02 Å². The molecule has 0 spiro atoms. The smallest absolute Gasteiger partial charge is 0.322 e. The number of benzene rings is 2. The van der Waals surface area contributed by atoms with Gasteiger partial charge in [-0.05, 0) is 42.7 Å². The van der Waals surface area contributed by atoms with Crippen LogP contribution in [0.4, 0.5) is 10.5 Å². The molecule has 0 saturated carbocycles. The van der Waals surface area contributed by atoms with Crippen LogP contribution in [0.5, 0.6) is 5.75 Å². The van der Waals surface area contributed by atoms with E-state index in [2.05, 4.69) is 10.6 Å². The number of urea groups is 1. The molecule has 2 N–H and O–H groups in total. The number of methoxy groups -OCH3 is 1. The Bertz CT molecular complexity index is 810. The van der Waals surface area contributed by atoms with Crippen LogP contribution in [-0.2, 0) is 11.3 Å². The van der Waals surface area contributed by atoms with Gasteiger partial charge in [-0.3, -0.25) is 4.79 Å². The molecule has 1 aliphatic rings. The monoisotopic (exact) mass is 387 g/mol. The Kier molecular flexibility index (Phi) is 6.19. The van der Waals surface area contributed by atoms with Crippen molar-refractivity contribution in [3.63, 3.8) is 0 Å². The van der Waals surface area contributed by atoms with Gasteiger partial charge >= 0.3 is 6.03 Å². The Morgan fingerprint density at radius 2 is 2.00 bits per heavy atom. The van der Waals surface area contributed by atoms with Gasteiger partial charge < -0.3 is 20.3 Å². The van der Waals surface area contributed by atoms with E-state index in [1.807, 2.05) is 12.1 Å². The van der Waals surface area contributed by atoms with Crippen LogP contribution in [0.15, 0.2) is 48.5 Å². The van der Waals surface area contributed by atoms with Crippen molar-refractivity contribution in [3.8, 4) is 5.75 Å². The van der Waals surface area contributed by atoms with Gasteiger partial charge in [0, 0.05) is 29.9 Å². The summed E-state index contributed by atoms with van der Waals surface area (Å²) < 4.78 is 5.17. The first kappa shape index (κ1) is 19.0. The molecule has 3 amide bonds. The molecule has 1 aliphatic heterocycles. The van der Waals surface area contributed by atoms with E-state index in [0.717, 1.165) is 12.0 Å². The SMILES string of the molecule is COc1cccc(NC(=O)N2CCC[C@H]2C(=O)NCc2ccc(Cl)cc2)c1. The van der Waals surface area contributed by atoms with Gasteiger partial charge in [0.05, 0.1) is 7.11 Å². The second-order valence-electron chi connectivity index (χ2n) is 6.36. The van der Waals surface area contributed by atoms with Crippen LogP contribution in [0, 0.1) is 0 Å². The van der Waals surface area contributed by atoms with Crippen molar-refractivity contribution < 1.29 is 14.3 Å². The van der Waals surface area contributed by atoms with Crippen molar-refractivity contribution in [1.29, 1.82) is 0 Å². The Labute approximate surface area is 163 Å². The van der Waals surface area contributed by atoms with E-state index in [0.29, 0.717) is 36.0 Å². The van der Waals surface area contributed by atoms with Crippen molar-refractivity contribution in [2.24, 2.45) is 0 Å². The standard InChI is InChI=1S/C20H22ClN3O3/c1-27-17-5-2-4-16(12-17)23-20(26)24-11-3-6-18(24)19(25)22-13-14-7-9-15(21)10-8-14/h2,4-5,7-10,12,18H,3,6,11,13H2,1H3,(H,22,25)(H,23,26)/t18-/m0/s1. The highest BCUT2D eigenvalue weighted by Crippen LogP contribution is 2.21. The minimum atomic E-state index is -0.470. The van der Waals surface area contributed by atoms with Gasteiger partial charge in [-0.1, -0.05) is 29.8 Å². The summed E-state index contributed by atoms with van der Waals surface area (Å²) in [6.45, 7) is 0.951. The maximum absolute atomic E-state index is 12.6. The number of rotatable bonds is 5. The molecule has 0 aromatic heterocycles. The maximum atomic E-state index is 12.6. The van der Waals surface area contributed by atoms with Crippen molar-refractivity contribution in [2.75, 3.05) is 19.0 Å². The van der Waals surface area contributed by atoms with Crippen LogP contribution >= 0.6 is 11.6 Å². The predicted octanol–water partition coefficient (Wildman–Crippen LogP) is 3.66. The Hall–Kier alpha value is -2.73. The van der Waals surface area contributed by atoms with Gasteiger partial charge in [-0.2, -0.15) is 0 Å². The van der Waals surface area contributed by atoms with E-state index in [1.165, 1.54) is 0 Å². The lowest BCUT2D eigenvalue weighted by molar-refractivity contribution is -0.124.